The lowest BCUT2D eigenvalue weighted by atomic mass is 9.78. The molecule has 5 amide bonds. The van der Waals surface area contributed by atoms with Gasteiger partial charge in [-0.2, -0.15) is 0 Å². The Morgan fingerprint density at radius 1 is 0.679 bits per heavy atom. The summed E-state index contributed by atoms with van der Waals surface area (Å²) in [5.41, 5.74) is 3.92. The van der Waals surface area contributed by atoms with Gasteiger partial charge in [-0.05, 0) is 116 Å². The minimum absolute atomic E-state index is 0. The molecular formula is C54H82Cl2N6O16. The summed E-state index contributed by atoms with van der Waals surface area (Å²) in [5.74, 6) is -1.93. The highest BCUT2D eigenvalue weighted by molar-refractivity contribution is 6.61. The number of nitrogens with two attached hydrogens (primary N) is 1. The van der Waals surface area contributed by atoms with Crippen LogP contribution in [0.15, 0.2) is 48.5 Å². The Kier molecular flexibility index (Phi) is 29.6. The number of piperidine rings is 3. The third-order valence-electron chi connectivity index (χ3n) is 12.5. The van der Waals surface area contributed by atoms with E-state index in [1.54, 1.807) is 36.6 Å². The van der Waals surface area contributed by atoms with Crippen LogP contribution in [0.25, 0.3) is 0 Å². The minimum Gasteiger partial charge on any atom is -0.469 e. The van der Waals surface area contributed by atoms with Gasteiger partial charge in [0.2, 0.25) is 11.8 Å². The SMILES string of the molecule is C.CCc1ccc(NC(=O)OCC2(C(=O)NCc3ccccc3Cl)CCN(C(=O)CN)CC2)cc1.COC(=O)C1(C(=O)OC)CCN(C(=O)OC(C)(C)C)CC1.COC(=O)C1CCN(C(=O)OC(C)(C)C)CC1.COC(=O)Cl. The summed E-state index contributed by atoms with van der Waals surface area (Å²) in [5, 5.41) is 6.19. The van der Waals surface area contributed by atoms with Crippen LogP contribution in [0, 0.1) is 16.7 Å². The lowest BCUT2D eigenvalue weighted by Gasteiger charge is -2.40. The maximum absolute atomic E-state index is 13.3. The van der Waals surface area contributed by atoms with Crippen molar-refractivity contribution in [2.75, 3.05) is 86.2 Å². The third-order valence-corrected chi connectivity index (χ3v) is 13.0. The van der Waals surface area contributed by atoms with E-state index in [0.29, 0.717) is 62.6 Å². The van der Waals surface area contributed by atoms with Crippen LogP contribution in [-0.4, -0.2) is 160 Å². The first-order valence-electron chi connectivity index (χ1n) is 25.1. The summed E-state index contributed by atoms with van der Waals surface area (Å²) in [7, 11) is 5.07. The van der Waals surface area contributed by atoms with Crippen molar-refractivity contribution in [1.82, 2.24) is 20.0 Å². The maximum atomic E-state index is 13.3. The predicted octanol–water partition coefficient (Wildman–Crippen LogP) is 8.12. The van der Waals surface area contributed by atoms with E-state index in [4.69, 9.17) is 45.8 Å². The van der Waals surface area contributed by atoms with Gasteiger partial charge < -0.3 is 58.9 Å². The van der Waals surface area contributed by atoms with Crippen LogP contribution < -0.4 is 16.4 Å². The van der Waals surface area contributed by atoms with Crippen molar-refractivity contribution in [1.29, 1.82) is 0 Å². The molecule has 5 rings (SSSR count). The molecule has 0 aromatic heterocycles. The Balaban J connectivity index is 0.000000593. The second kappa shape index (κ2) is 33.1. The monoisotopic (exact) mass is 1140 g/mol. The zero-order chi connectivity index (χ0) is 58.1. The van der Waals surface area contributed by atoms with Gasteiger partial charge in [-0.1, -0.05) is 56.3 Å². The quantitative estimate of drug-likeness (QED) is 0.0829. The molecule has 2 aromatic carbocycles. The number of likely N-dealkylation sites (tertiary alicyclic amines) is 3. The molecule has 3 saturated heterocycles. The first kappa shape index (κ1) is 69.6. The molecule has 3 heterocycles. The van der Waals surface area contributed by atoms with Gasteiger partial charge in [0.15, 0.2) is 5.41 Å². The van der Waals surface area contributed by atoms with Crippen molar-refractivity contribution in [2.45, 2.75) is 119 Å². The first-order valence-corrected chi connectivity index (χ1v) is 25.8. The van der Waals surface area contributed by atoms with Gasteiger partial charge in [0.25, 0.3) is 0 Å². The largest absolute Gasteiger partial charge is 0.469 e. The molecular weight excluding hydrogens is 1060 g/mol. The van der Waals surface area contributed by atoms with Crippen LogP contribution in [0.4, 0.5) is 24.9 Å². The Morgan fingerprint density at radius 3 is 1.58 bits per heavy atom. The van der Waals surface area contributed by atoms with Crippen LogP contribution in [0.1, 0.15) is 106 Å². The average Bonchev–Trinajstić information content (AvgIpc) is 3.41. The van der Waals surface area contributed by atoms with Gasteiger partial charge in [0, 0.05) is 68.1 Å². The summed E-state index contributed by atoms with van der Waals surface area (Å²) in [4.78, 5) is 111. The number of halogens is 2. The number of amides is 5. The normalized spacial score (nSPS) is 15.6. The van der Waals surface area contributed by atoms with Gasteiger partial charge in [0.05, 0.1) is 46.3 Å². The minimum atomic E-state index is -1.33. The Morgan fingerprint density at radius 2 is 1.15 bits per heavy atom. The summed E-state index contributed by atoms with van der Waals surface area (Å²) < 4.78 is 34.0. The molecule has 0 atom stereocenters. The Labute approximate surface area is 468 Å². The molecule has 0 saturated carbocycles. The summed E-state index contributed by atoms with van der Waals surface area (Å²) >= 11 is 10.8. The molecule has 3 aliphatic heterocycles. The number of methoxy groups -OCH3 is 4. The number of carbonyl (C=O) groups excluding carboxylic acids is 9. The number of nitrogens with one attached hydrogen (secondary N) is 2. The molecule has 2 aromatic rings. The number of aryl methyl sites for hydroxylation is 1. The molecule has 22 nitrogen and oxygen atoms in total. The average molecular weight is 1140 g/mol. The number of anilines is 1. The van der Waals surface area contributed by atoms with Crippen LogP contribution in [0.3, 0.4) is 0 Å². The van der Waals surface area contributed by atoms with E-state index in [2.05, 4.69) is 33.9 Å². The molecule has 438 valence electrons. The van der Waals surface area contributed by atoms with Crippen LogP contribution >= 0.6 is 23.2 Å². The fourth-order valence-corrected chi connectivity index (χ4v) is 8.21. The molecule has 78 heavy (non-hydrogen) atoms. The highest BCUT2D eigenvalue weighted by Gasteiger charge is 2.51. The van der Waals surface area contributed by atoms with Gasteiger partial charge in [-0.25, -0.2) is 19.2 Å². The molecule has 0 unspecified atom stereocenters. The van der Waals surface area contributed by atoms with Gasteiger partial charge >= 0.3 is 41.6 Å². The van der Waals surface area contributed by atoms with Gasteiger partial charge in [0.1, 0.15) is 17.8 Å². The molecule has 24 heteroatoms. The lowest BCUT2D eigenvalue weighted by molar-refractivity contribution is -0.173. The second-order valence-corrected chi connectivity index (χ2v) is 20.8. The smallest absolute Gasteiger partial charge is 0.411 e. The summed E-state index contributed by atoms with van der Waals surface area (Å²) in [6, 6.07) is 14.8. The topological polar surface area (TPSA) is 278 Å². The summed E-state index contributed by atoms with van der Waals surface area (Å²) in [6.45, 7) is 15.3. The number of rotatable bonds is 11. The second-order valence-electron chi connectivity index (χ2n) is 20.1. The van der Waals surface area contributed by atoms with Crippen molar-refractivity contribution < 1.29 is 76.3 Å². The van der Waals surface area contributed by atoms with Crippen LogP contribution in [0.2, 0.25) is 5.02 Å². The molecule has 3 fully saturated rings. The predicted molar refractivity (Wildman–Crippen MR) is 292 cm³/mol. The molecule has 0 bridgehead atoms. The number of esters is 3. The number of carbonyl (C=O) groups is 9. The molecule has 0 spiro atoms. The fraction of sp³-hybridized carbons (Fsp3) is 0.611. The molecule has 3 aliphatic rings. The standard InChI is InChI=1S/C25H31ClN4O4.C14H23NO6.C12H21NO4.C2H3ClO2.CH4/c1-2-18-7-9-20(10-8-18)29-24(33)34-17-25(11-13-30(14-12-25)22(31)15-27)23(32)28-16-19-5-3-4-6-21(19)26;1-13(2,3)21-12(18)15-8-6-14(7-9-15,10(16)19-4)11(17)20-5;1-12(2,3)17-11(15)13-7-5-9(6-8-13)10(14)16-4;1-5-2(3)4;/h3-10H,2,11-17,27H2,1H3,(H,28,32)(H,29,33);6-9H2,1-5H3;9H,5-8H2,1-4H3;1H3;1H4. The highest BCUT2D eigenvalue weighted by Crippen LogP contribution is 2.36. The van der Waals surface area contributed by atoms with Gasteiger partial charge in [-0.3, -0.25) is 29.3 Å². The fourth-order valence-electron chi connectivity index (χ4n) is 8.01. The maximum Gasteiger partial charge on any atom is 0.411 e. The highest BCUT2D eigenvalue weighted by atomic mass is 35.5. The molecule has 4 N–H and O–H groups in total. The zero-order valence-corrected chi connectivity index (χ0v) is 47.7. The Bertz CT molecular complexity index is 2260. The van der Waals surface area contributed by atoms with E-state index < -0.39 is 51.6 Å². The van der Waals surface area contributed by atoms with E-state index in [1.165, 1.54) is 33.3 Å². The van der Waals surface area contributed by atoms with E-state index in [9.17, 15) is 43.2 Å². The molecule has 0 aliphatic carbocycles. The number of hydrogen-bond acceptors (Lipinski definition) is 17. The third kappa shape index (κ3) is 22.9. The van der Waals surface area contributed by atoms with Crippen molar-refractivity contribution in [3.8, 4) is 0 Å². The van der Waals surface area contributed by atoms with Gasteiger partial charge in [-0.15, -0.1) is 0 Å². The number of nitrogens with zero attached hydrogens (tertiary/aromatic N) is 3. The van der Waals surface area contributed by atoms with Crippen LogP contribution in [-0.2, 0) is 70.1 Å². The zero-order valence-electron chi connectivity index (χ0n) is 46.2. The number of ether oxygens (including phenoxy) is 7. The van der Waals surface area contributed by atoms with E-state index in [-0.39, 0.29) is 82.8 Å². The van der Waals surface area contributed by atoms with E-state index in [1.807, 2.05) is 63.2 Å². The van der Waals surface area contributed by atoms with Crippen molar-refractivity contribution in [3.63, 3.8) is 0 Å². The number of hydrogen-bond donors (Lipinski definition) is 3. The van der Waals surface area contributed by atoms with Crippen molar-refractivity contribution in [3.05, 3.63) is 64.7 Å². The molecule has 0 radical (unpaired) electrons. The number of benzene rings is 2. The van der Waals surface area contributed by atoms with Crippen LogP contribution in [0.5, 0.6) is 0 Å². The lowest BCUT2D eigenvalue weighted by Crippen LogP contribution is -2.53. The van der Waals surface area contributed by atoms with E-state index in [0.717, 1.165) is 17.5 Å². The van der Waals surface area contributed by atoms with Crippen molar-refractivity contribution in [2.24, 2.45) is 22.5 Å². The van der Waals surface area contributed by atoms with Crippen molar-refractivity contribution >= 4 is 82.3 Å². The first-order chi connectivity index (χ1) is 36.1. The van der Waals surface area contributed by atoms with E-state index >= 15 is 0 Å². The summed E-state index contributed by atoms with van der Waals surface area (Å²) in [6.07, 6.45) is 1.82. The Hall–Kier alpha value is -6.39.